The number of carbonyl (C=O) groups is 1. The van der Waals surface area contributed by atoms with E-state index in [0.717, 1.165) is 11.3 Å². The molecular formula is C16H13ClN4O. The van der Waals surface area contributed by atoms with Crippen LogP contribution in [0, 0.1) is 6.92 Å². The van der Waals surface area contributed by atoms with Gasteiger partial charge in [-0.1, -0.05) is 23.7 Å². The van der Waals surface area contributed by atoms with Crippen molar-refractivity contribution in [2.75, 3.05) is 5.73 Å². The van der Waals surface area contributed by atoms with E-state index in [2.05, 4.69) is 10.1 Å². The van der Waals surface area contributed by atoms with E-state index in [1.165, 1.54) is 10.9 Å². The highest BCUT2D eigenvalue weighted by molar-refractivity contribution is 6.30. The number of hydrogen-bond donors (Lipinski definition) is 1. The van der Waals surface area contributed by atoms with Gasteiger partial charge in [0.1, 0.15) is 0 Å². The highest BCUT2D eigenvalue weighted by Crippen LogP contribution is 2.27. The lowest BCUT2D eigenvalue weighted by Gasteiger charge is -2.00. The SMILES string of the molecule is Cc1ccc(C(=O)n2cc(-c3cccc(Cl)c3)c(N)n2)cn1. The van der Waals surface area contributed by atoms with Gasteiger partial charge in [-0.05, 0) is 36.8 Å². The summed E-state index contributed by atoms with van der Waals surface area (Å²) < 4.78 is 1.22. The quantitative estimate of drug-likeness (QED) is 0.788. The highest BCUT2D eigenvalue weighted by Gasteiger charge is 2.15. The number of rotatable bonds is 2. The maximum Gasteiger partial charge on any atom is 0.279 e. The van der Waals surface area contributed by atoms with E-state index < -0.39 is 0 Å². The van der Waals surface area contributed by atoms with E-state index in [9.17, 15) is 4.79 Å². The first-order valence-electron chi connectivity index (χ1n) is 6.63. The van der Waals surface area contributed by atoms with E-state index in [1.807, 2.05) is 19.1 Å². The van der Waals surface area contributed by atoms with E-state index >= 15 is 0 Å². The molecule has 0 aliphatic heterocycles. The summed E-state index contributed by atoms with van der Waals surface area (Å²) in [6.45, 7) is 1.86. The number of hydrogen-bond acceptors (Lipinski definition) is 4. The standard InChI is InChI=1S/C16H13ClN4O/c1-10-5-6-12(8-19-10)16(22)21-9-14(15(18)20-21)11-3-2-4-13(17)7-11/h2-9H,1H3,(H2,18,20). The second kappa shape index (κ2) is 5.61. The lowest BCUT2D eigenvalue weighted by molar-refractivity contribution is 0.0945. The molecular weight excluding hydrogens is 300 g/mol. The molecule has 0 saturated heterocycles. The number of pyridine rings is 1. The van der Waals surface area contributed by atoms with Gasteiger partial charge >= 0.3 is 0 Å². The Hall–Kier alpha value is -2.66. The summed E-state index contributed by atoms with van der Waals surface area (Å²) in [5.74, 6) is -0.0110. The smallest absolute Gasteiger partial charge is 0.279 e. The van der Waals surface area contributed by atoms with Crippen LogP contribution in [0.15, 0.2) is 48.8 Å². The Kier molecular flexibility index (Phi) is 3.65. The topological polar surface area (TPSA) is 73.8 Å². The van der Waals surface area contributed by atoms with Crippen LogP contribution in [0.25, 0.3) is 11.1 Å². The third-order valence-electron chi connectivity index (χ3n) is 3.24. The molecule has 2 N–H and O–H groups in total. The number of aryl methyl sites for hydroxylation is 1. The summed E-state index contributed by atoms with van der Waals surface area (Å²) in [6.07, 6.45) is 3.12. The van der Waals surface area contributed by atoms with Crippen molar-refractivity contribution in [2.45, 2.75) is 6.92 Å². The molecule has 110 valence electrons. The van der Waals surface area contributed by atoms with E-state index in [1.54, 1.807) is 30.5 Å². The number of nitrogens with two attached hydrogens (primary N) is 1. The van der Waals surface area contributed by atoms with E-state index in [4.69, 9.17) is 17.3 Å². The minimum atomic E-state index is -0.285. The fourth-order valence-corrected chi connectivity index (χ4v) is 2.29. The van der Waals surface area contributed by atoms with Crippen LogP contribution in [0.1, 0.15) is 16.1 Å². The molecule has 0 amide bonds. The normalized spacial score (nSPS) is 10.6. The number of anilines is 1. The van der Waals surface area contributed by atoms with Crippen molar-refractivity contribution < 1.29 is 4.79 Å². The number of carbonyl (C=O) groups excluding carboxylic acids is 1. The Morgan fingerprint density at radius 2 is 2.09 bits per heavy atom. The summed E-state index contributed by atoms with van der Waals surface area (Å²) in [5, 5.41) is 4.69. The molecule has 0 aliphatic rings. The molecule has 2 aromatic heterocycles. The van der Waals surface area contributed by atoms with Crippen LogP contribution in [0.2, 0.25) is 5.02 Å². The minimum Gasteiger partial charge on any atom is -0.382 e. The lowest BCUT2D eigenvalue weighted by atomic mass is 10.1. The van der Waals surface area contributed by atoms with E-state index in [-0.39, 0.29) is 11.7 Å². The predicted octanol–water partition coefficient (Wildman–Crippen LogP) is 3.18. The van der Waals surface area contributed by atoms with Gasteiger partial charge in [0.25, 0.3) is 5.91 Å². The predicted molar refractivity (Wildman–Crippen MR) is 85.8 cm³/mol. The lowest BCUT2D eigenvalue weighted by Crippen LogP contribution is -2.13. The first-order chi connectivity index (χ1) is 10.5. The molecule has 0 unspecified atom stereocenters. The van der Waals surface area contributed by atoms with Crippen LogP contribution in [-0.4, -0.2) is 20.7 Å². The van der Waals surface area contributed by atoms with Crippen LogP contribution in [0.3, 0.4) is 0 Å². The second-order valence-electron chi connectivity index (χ2n) is 4.88. The van der Waals surface area contributed by atoms with Crippen molar-refractivity contribution in [1.82, 2.24) is 14.8 Å². The summed E-state index contributed by atoms with van der Waals surface area (Å²) >= 11 is 5.98. The Morgan fingerprint density at radius 1 is 1.27 bits per heavy atom. The molecule has 0 fully saturated rings. The molecule has 0 radical (unpaired) electrons. The third-order valence-corrected chi connectivity index (χ3v) is 3.48. The molecule has 5 nitrogen and oxygen atoms in total. The zero-order chi connectivity index (χ0) is 15.7. The Labute approximate surface area is 132 Å². The second-order valence-corrected chi connectivity index (χ2v) is 5.31. The van der Waals surface area contributed by atoms with Gasteiger partial charge < -0.3 is 5.73 Å². The molecule has 2 heterocycles. The fraction of sp³-hybridized carbons (Fsp3) is 0.0625. The summed E-state index contributed by atoms with van der Waals surface area (Å²) in [5.41, 5.74) is 8.69. The average Bonchev–Trinajstić information content (AvgIpc) is 2.89. The molecule has 0 aliphatic carbocycles. The van der Waals surface area contributed by atoms with Gasteiger partial charge in [-0.3, -0.25) is 9.78 Å². The molecule has 1 aromatic carbocycles. The number of nitrogen functional groups attached to an aromatic ring is 1. The van der Waals surface area contributed by atoms with Gasteiger partial charge in [-0.25, -0.2) is 4.68 Å². The number of aromatic nitrogens is 3. The molecule has 0 bridgehead atoms. The average molecular weight is 313 g/mol. The van der Waals surface area contributed by atoms with Gasteiger partial charge in [0.05, 0.1) is 5.56 Å². The van der Waals surface area contributed by atoms with Gasteiger partial charge in [-0.15, -0.1) is 5.10 Å². The maximum absolute atomic E-state index is 12.4. The number of halogens is 1. The van der Waals surface area contributed by atoms with Crippen molar-refractivity contribution in [3.05, 3.63) is 65.1 Å². The van der Waals surface area contributed by atoms with Crippen molar-refractivity contribution in [1.29, 1.82) is 0 Å². The number of nitrogens with zero attached hydrogens (tertiary/aromatic N) is 3. The summed E-state index contributed by atoms with van der Waals surface area (Å²) in [6, 6.07) is 10.7. The maximum atomic E-state index is 12.4. The highest BCUT2D eigenvalue weighted by atomic mass is 35.5. The summed E-state index contributed by atoms with van der Waals surface area (Å²) in [7, 11) is 0. The summed E-state index contributed by atoms with van der Waals surface area (Å²) in [4.78, 5) is 16.5. The first-order valence-corrected chi connectivity index (χ1v) is 7.01. The zero-order valence-corrected chi connectivity index (χ0v) is 12.6. The molecule has 3 rings (SSSR count). The first kappa shape index (κ1) is 14.3. The van der Waals surface area contributed by atoms with Crippen molar-refractivity contribution >= 4 is 23.3 Å². The monoisotopic (exact) mass is 312 g/mol. The van der Waals surface area contributed by atoms with Crippen molar-refractivity contribution in [3.63, 3.8) is 0 Å². The van der Waals surface area contributed by atoms with Gasteiger partial charge in [0, 0.05) is 28.7 Å². The van der Waals surface area contributed by atoms with Crippen molar-refractivity contribution in [3.8, 4) is 11.1 Å². The third kappa shape index (κ3) is 2.71. The van der Waals surface area contributed by atoms with Gasteiger partial charge in [0.2, 0.25) is 0 Å². The van der Waals surface area contributed by atoms with E-state index in [0.29, 0.717) is 16.1 Å². The van der Waals surface area contributed by atoms with Crippen LogP contribution in [0.4, 0.5) is 5.82 Å². The van der Waals surface area contributed by atoms with Crippen LogP contribution >= 0.6 is 11.6 Å². The molecule has 0 saturated carbocycles. The Morgan fingerprint density at radius 3 is 2.77 bits per heavy atom. The molecule has 3 aromatic rings. The zero-order valence-electron chi connectivity index (χ0n) is 11.8. The van der Waals surface area contributed by atoms with Gasteiger partial charge in [0.15, 0.2) is 5.82 Å². The van der Waals surface area contributed by atoms with Gasteiger partial charge in [-0.2, -0.15) is 0 Å². The molecule has 0 spiro atoms. The Balaban J connectivity index is 1.98. The fourth-order valence-electron chi connectivity index (χ4n) is 2.10. The van der Waals surface area contributed by atoms with Crippen LogP contribution in [-0.2, 0) is 0 Å². The van der Waals surface area contributed by atoms with Crippen LogP contribution < -0.4 is 5.73 Å². The molecule has 0 atom stereocenters. The van der Waals surface area contributed by atoms with Crippen molar-refractivity contribution in [2.24, 2.45) is 0 Å². The number of benzene rings is 1. The van der Waals surface area contributed by atoms with Crippen LogP contribution in [0.5, 0.6) is 0 Å². The minimum absolute atomic E-state index is 0.274. The Bertz CT molecular complexity index is 840. The molecule has 6 heteroatoms. The largest absolute Gasteiger partial charge is 0.382 e. The molecule has 22 heavy (non-hydrogen) atoms.